The van der Waals surface area contributed by atoms with Gasteiger partial charge in [0.2, 0.25) is 0 Å². The molecule has 1 aliphatic heterocycles. The third-order valence-electron chi connectivity index (χ3n) is 5.11. The van der Waals surface area contributed by atoms with E-state index in [1.54, 1.807) is 12.4 Å². The van der Waals surface area contributed by atoms with Crippen LogP contribution in [0.25, 0.3) is 11.4 Å². The number of rotatable bonds is 3. The first-order chi connectivity index (χ1) is 14.8. The van der Waals surface area contributed by atoms with Crippen molar-refractivity contribution in [2.45, 2.75) is 19.5 Å². The van der Waals surface area contributed by atoms with Crippen LogP contribution < -0.4 is 9.80 Å². The van der Waals surface area contributed by atoms with Gasteiger partial charge in [-0.2, -0.15) is 13.2 Å². The van der Waals surface area contributed by atoms with Gasteiger partial charge in [-0.1, -0.05) is 11.6 Å². The van der Waals surface area contributed by atoms with Crippen molar-refractivity contribution in [3.8, 4) is 11.4 Å². The van der Waals surface area contributed by atoms with E-state index in [2.05, 4.69) is 24.8 Å². The minimum Gasteiger partial charge on any atom is -0.355 e. The van der Waals surface area contributed by atoms with Crippen LogP contribution in [0.1, 0.15) is 17.7 Å². The summed E-state index contributed by atoms with van der Waals surface area (Å²) < 4.78 is 38.4. The Bertz CT molecular complexity index is 1040. The predicted molar refractivity (Wildman–Crippen MR) is 113 cm³/mol. The maximum atomic E-state index is 12.8. The predicted octanol–water partition coefficient (Wildman–Crippen LogP) is 4.63. The highest BCUT2D eigenvalue weighted by atomic mass is 35.5. The smallest absolute Gasteiger partial charge is 0.355 e. The van der Waals surface area contributed by atoms with Crippen LogP contribution in [0, 0.1) is 6.92 Å². The molecule has 0 atom stereocenters. The number of alkyl halides is 3. The maximum absolute atomic E-state index is 12.8. The van der Waals surface area contributed by atoms with E-state index in [1.165, 1.54) is 6.07 Å². The topological polar surface area (TPSA) is 58.0 Å². The van der Waals surface area contributed by atoms with Crippen LogP contribution >= 0.6 is 11.6 Å². The Morgan fingerprint density at radius 2 is 1.74 bits per heavy atom. The fourth-order valence-electron chi connectivity index (χ4n) is 3.48. The van der Waals surface area contributed by atoms with E-state index in [-0.39, 0.29) is 0 Å². The first-order valence-electron chi connectivity index (χ1n) is 9.80. The van der Waals surface area contributed by atoms with Gasteiger partial charge < -0.3 is 9.80 Å². The Hall–Kier alpha value is -2.94. The number of hydrogen-bond acceptors (Lipinski definition) is 6. The molecule has 31 heavy (non-hydrogen) atoms. The molecule has 10 heteroatoms. The van der Waals surface area contributed by atoms with E-state index in [0.717, 1.165) is 24.2 Å². The van der Waals surface area contributed by atoms with Gasteiger partial charge >= 0.3 is 6.18 Å². The molecule has 4 rings (SSSR count). The molecule has 0 saturated carbocycles. The van der Waals surface area contributed by atoms with Crippen molar-refractivity contribution >= 4 is 23.2 Å². The Balaban J connectivity index is 1.54. The molecule has 0 N–H and O–H groups in total. The number of hydrogen-bond donors (Lipinski definition) is 0. The maximum Gasteiger partial charge on any atom is 0.417 e. The lowest BCUT2D eigenvalue weighted by molar-refractivity contribution is -0.137. The second kappa shape index (κ2) is 8.66. The van der Waals surface area contributed by atoms with Crippen molar-refractivity contribution in [2.75, 3.05) is 36.0 Å². The lowest BCUT2D eigenvalue weighted by atomic mass is 10.2. The number of pyridine rings is 2. The van der Waals surface area contributed by atoms with E-state index in [0.29, 0.717) is 54.4 Å². The molecule has 0 radical (unpaired) electrons. The molecule has 6 nitrogen and oxygen atoms in total. The number of anilines is 2. The van der Waals surface area contributed by atoms with E-state index in [1.807, 2.05) is 24.0 Å². The van der Waals surface area contributed by atoms with Crippen molar-refractivity contribution in [3.63, 3.8) is 0 Å². The molecule has 0 unspecified atom stereocenters. The van der Waals surface area contributed by atoms with Gasteiger partial charge in [-0.05, 0) is 37.6 Å². The first kappa shape index (κ1) is 21.3. The van der Waals surface area contributed by atoms with Gasteiger partial charge in [0, 0.05) is 50.3 Å². The summed E-state index contributed by atoms with van der Waals surface area (Å²) in [6.07, 6.45) is 0.653. The van der Waals surface area contributed by atoms with Crippen molar-refractivity contribution < 1.29 is 13.2 Å². The lowest BCUT2D eigenvalue weighted by Gasteiger charge is -2.25. The van der Waals surface area contributed by atoms with Gasteiger partial charge in [-0.25, -0.2) is 15.0 Å². The highest BCUT2D eigenvalue weighted by Crippen LogP contribution is 2.31. The molecule has 1 fully saturated rings. The molecule has 1 saturated heterocycles. The molecular formula is C21H20ClF3N6. The second-order valence-electron chi connectivity index (χ2n) is 7.24. The zero-order chi connectivity index (χ0) is 22.0. The minimum absolute atomic E-state index is 0.494. The van der Waals surface area contributed by atoms with Crippen LogP contribution in [-0.4, -0.2) is 46.1 Å². The molecule has 0 bridgehead atoms. The lowest BCUT2D eigenvalue weighted by Crippen LogP contribution is -2.32. The zero-order valence-corrected chi connectivity index (χ0v) is 17.5. The summed E-state index contributed by atoms with van der Waals surface area (Å²) in [4.78, 5) is 21.4. The number of nitrogens with zero attached hydrogens (tertiary/aromatic N) is 6. The quantitative estimate of drug-likeness (QED) is 0.582. The first-order valence-corrected chi connectivity index (χ1v) is 10.2. The summed E-state index contributed by atoms with van der Waals surface area (Å²) in [6, 6.07) is 6.19. The molecule has 4 heterocycles. The summed E-state index contributed by atoms with van der Waals surface area (Å²) in [5.74, 6) is 1.72. The molecule has 0 amide bonds. The largest absolute Gasteiger partial charge is 0.417 e. The van der Waals surface area contributed by atoms with Crippen molar-refractivity contribution in [1.29, 1.82) is 0 Å². The Morgan fingerprint density at radius 1 is 0.968 bits per heavy atom. The Labute approximate surface area is 182 Å². The highest BCUT2D eigenvalue weighted by molar-refractivity contribution is 6.33. The SMILES string of the molecule is Cc1nc(-c2cccnc2)nc(N2CCCN(c3ccc(C(F)(F)F)cn3)CC2)c1Cl. The van der Waals surface area contributed by atoms with Crippen LogP contribution in [0.4, 0.5) is 24.8 Å². The average Bonchev–Trinajstić information content (AvgIpc) is 3.02. The molecule has 3 aromatic heterocycles. The molecule has 0 aromatic carbocycles. The monoisotopic (exact) mass is 448 g/mol. The summed E-state index contributed by atoms with van der Waals surface area (Å²) >= 11 is 6.54. The molecule has 162 valence electrons. The van der Waals surface area contributed by atoms with E-state index in [4.69, 9.17) is 11.6 Å². The number of aryl methyl sites for hydroxylation is 1. The third kappa shape index (κ3) is 4.71. The summed E-state index contributed by atoms with van der Waals surface area (Å²) in [5.41, 5.74) is 0.726. The van der Waals surface area contributed by atoms with Crippen LogP contribution in [0.3, 0.4) is 0 Å². The van der Waals surface area contributed by atoms with E-state index in [9.17, 15) is 13.2 Å². The van der Waals surface area contributed by atoms with Crippen molar-refractivity contribution in [2.24, 2.45) is 0 Å². The molecule has 3 aromatic rings. The number of halogens is 4. The van der Waals surface area contributed by atoms with Crippen molar-refractivity contribution in [3.05, 3.63) is 59.1 Å². The van der Waals surface area contributed by atoms with Crippen molar-refractivity contribution in [1.82, 2.24) is 19.9 Å². The Morgan fingerprint density at radius 3 is 2.42 bits per heavy atom. The van der Waals surface area contributed by atoms with Gasteiger partial charge in [-0.3, -0.25) is 4.98 Å². The molecule has 0 spiro atoms. The summed E-state index contributed by atoms with van der Waals surface area (Å²) in [6.45, 7) is 4.40. The fraction of sp³-hybridized carbons (Fsp3) is 0.333. The van der Waals surface area contributed by atoms with Crippen LogP contribution in [0.15, 0.2) is 42.9 Å². The third-order valence-corrected chi connectivity index (χ3v) is 5.56. The second-order valence-corrected chi connectivity index (χ2v) is 7.62. The summed E-state index contributed by atoms with van der Waals surface area (Å²) in [7, 11) is 0. The van der Waals surface area contributed by atoms with Crippen LogP contribution in [0.2, 0.25) is 5.02 Å². The van der Waals surface area contributed by atoms with Gasteiger partial charge in [0.25, 0.3) is 0 Å². The molecular weight excluding hydrogens is 429 g/mol. The van der Waals surface area contributed by atoms with Gasteiger partial charge in [0.1, 0.15) is 10.8 Å². The highest BCUT2D eigenvalue weighted by Gasteiger charge is 2.31. The average molecular weight is 449 g/mol. The van der Waals surface area contributed by atoms with Gasteiger partial charge in [0.15, 0.2) is 11.6 Å². The number of aromatic nitrogens is 4. The minimum atomic E-state index is -4.39. The fourth-order valence-corrected chi connectivity index (χ4v) is 3.68. The molecule has 0 aliphatic carbocycles. The van der Waals surface area contributed by atoms with Gasteiger partial charge in [0.05, 0.1) is 11.3 Å². The normalized spacial score (nSPS) is 15.1. The van der Waals surface area contributed by atoms with E-state index >= 15 is 0 Å². The van der Waals surface area contributed by atoms with E-state index < -0.39 is 11.7 Å². The summed E-state index contributed by atoms with van der Waals surface area (Å²) in [5, 5.41) is 0.494. The Kier molecular flexibility index (Phi) is 5.95. The van der Waals surface area contributed by atoms with Crippen LogP contribution in [0.5, 0.6) is 0 Å². The zero-order valence-electron chi connectivity index (χ0n) is 16.8. The molecule has 1 aliphatic rings. The van der Waals surface area contributed by atoms with Crippen LogP contribution in [-0.2, 0) is 6.18 Å². The standard InChI is InChI=1S/C21H20ClF3N6/c1-14-18(22)20(29-19(28-14)15-4-2-7-26-12-15)31-9-3-8-30(10-11-31)17-6-5-16(13-27-17)21(23,24)25/h2,4-7,12-13H,3,8-11H2,1H3. The van der Waals surface area contributed by atoms with Gasteiger partial charge in [-0.15, -0.1) is 0 Å².